The van der Waals surface area contributed by atoms with Crippen LogP contribution >= 0.6 is 11.8 Å². The van der Waals surface area contributed by atoms with Gasteiger partial charge in [-0.25, -0.2) is 4.79 Å². The Morgan fingerprint density at radius 2 is 1.81 bits per heavy atom. The Labute approximate surface area is 128 Å². The zero-order valence-corrected chi connectivity index (χ0v) is 13.9. The van der Waals surface area contributed by atoms with Crippen molar-refractivity contribution in [1.82, 2.24) is 9.13 Å². The third-order valence-corrected chi connectivity index (χ3v) is 4.39. The molecule has 0 saturated heterocycles. The highest BCUT2D eigenvalue weighted by Gasteiger charge is 2.15. The van der Waals surface area contributed by atoms with Crippen LogP contribution in [0.25, 0.3) is 11.0 Å². The molecule has 0 atom stereocenters. The van der Waals surface area contributed by atoms with Crippen molar-refractivity contribution in [3.05, 3.63) is 22.6 Å². The van der Waals surface area contributed by atoms with Crippen molar-refractivity contribution in [2.45, 2.75) is 37.3 Å². The van der Waals surface area contributed by atoms with Crippen LogP contribution in [-0.2, 0) is 18.9 Å². The summed E-state index contributed by atoms with van der Waals surface area (Å²) in [6.07, 6.45) is 0.428. The molecule has 1 heterocycles. The summed E-state index contributed by atoms with van der Waals surface area (Å²) in [6.45, 7) is 6.02. The van der Waals surface area contributed by atoms with Crippen LogP contribution in [0, 0.1) is 0 Å². The summed E-state index contributed by atoms with van der Waals surface area (Å²) in [6, 6.07) is 3.86. The van der Waals surface area contributed by atoms with Crippen molar-refractivity contribution in [1.29, 1.82) is 0 Å². The van der Waals surface area contributed by atoms with Crippen LogP contribution in [0.5, 0.6) is 0 Å². The fourth-order valence-corrected chi connectivity index (χ4v) is 3.14. The SMILES string of the molecule is CCC(=O)Nc1cc2c(cc1SC(C)C)n(C)c(=O)n2C. The molecular weight excluding hydrogens is 286 g/mol. The molecule has 1 amide bonds. The lowest BCUT2D eigenvalue weighted by molar-refractivity contribution is -0.115. The summed E-state index contributed by atoms with van der Waals surface area (Å²) in [5.74, 6) is -0.0270. The maximum Gasteiger partial charge on any atom is 0.328 e. The van der Waals surface area contributed by atoms with Gasteiger partial charge in [-0.2, -0.15) is 0 Å². The quantitative estimate of drug-likeness (QED) is 0.884. The second kappa shape index (κ2) is 5.97. The van der Waals surface area contributed by atoms with Crippen LogP contribution in [0.1, 0.15) is 27.2 Å². The van der Waals surface area contributed by atoms with Crippen molar-refractivity contribution in [2.75, 3.05) is 5.32 Å². The number of nitrogens with one attached hydrogen (secondary N) is 1. The lowest BCUT2D eigenvalue weighted by atomic mass is 10.2. The molecule has 0 bridgehead atoms. The number of thioether (sulfide) groups is 1. The first-order valence-electron chi connectivity index (χ1n) is 7.01. The van der Waals surface area contributed by atoms with Gasteiger partial charge in [0.2, 0.25) is 5.91 Å². The monoisotopic (exact) mass is 307 g/mol. The lowest BCUT2D eigenvalue weighted by Crippen LogP contribution is -2.19. The standard InChI is InChI=1S/C15H21N3O2S/c1-6-14(19)16-10-7-11-12(8-13(10)21-9(2)3)18(5)15(20)17(11)4/h7-9H,6H2,1-5H3,(H,16,19). The van der Waals surface area contributed by atoms with Gasteiger partial charge in [0.15, 0.2) is 0 Å². The first kappa shape index (κ1) is 15.7. The Hall–Kier alpha value is -1.69. The smallest absolute Gasteiger partial charge is 0.325 e. The average molecular weight is 307 g/mol. The van der Waals surface area contributed by atoms with Crippen LogP contribution in [-0.4, -0.2) is 20.3 Å². The number of imidazole rings is 1. The Bertz CT molecular complexity index is 743. The molecule has 2 rings (SSSR count). The van der Waals surface area contributed by atoms with Gasteiger partial charge in [-0.05, 0) is 12.1 Å². The second-order valence-electron chi connectivity index (χ2n) is 5.31. The van der Waals surface area contributed by atoms with Crippen molar-refractivity contribution in [3.63, 3.8) is 0 Å². The van der Waals surface area contributed by atoms with E-state index in [9.17, 15) is 9.59 Å². The van der Waals surface area contributed by atoms with E-state index < -0.39 is 0 Å². The van der Waals surface area contributed by atoms with E-state index in [0.717, 1.165) is 21.6 Å². The van der Waals surface area contributed by atoms with Gasteiger partial charge in [-0.1, -0.05) is 20.8 Å². The van der Waals surface area contributed by atoms with Gasteiger partial charge in [0.05, 0.1) is 16.7 Å². The molecule has 0 spiro atoms. The summed E-state index contributed by atoms with van der Waals surface area (Å²) in [7, 11) is 3.50. The van der Waals surface area contributed by atoms with Gasteiger partial charge in [-0.3, -0.25) is 13.9 Å². The molecule has 5 nitrogen and oxygen atoms in total. The van der Waals surface area contributed by atoms with E-state index in [1.54, 1.807) is 35.0 Å². The van der Waals surface area contributed by atoms with E-state index in [1.807, 2.05) is 19.1 Å². The summed E-state index contributed by atoms with van der Waals surface area (Å²) in [5, 5.41) is 3.32. The van der Waals surface area contributed by atoms with Crippen molar-refractivity contribution >= 4 is 34.4 Å². The number of rotatable bonds is 4. The van der Waals surface area contributed by atoms with Gasteiger partial charge in [0.1, 0.15) is 0 Å². The van der Waals surface area contributed by atoms with Crippen LogP contribution < -0.4 is 11.0 Å². The lowest BCUT2D eigenvalue weighted by Gasteiger charge is -2.13. The van der Waals surface area contributed by atoms with Gasteiger partial charge >= 0.3 is 5.69 Å². The maximum atomic E-state index is 12.0. The van der Waals surface area contributed by atoms with Gasteiger partial charge in [0.25, 0.3) is 0 Å². The Morgan fingerprint density at radius 1 is 1.24 bits per heavy atom. The van der Waals surface area contributed by atoms with Crippen molar-refractivity contribution < 1.29 is 4.79 Å². The molecule has 0 fully saturated rings. The van der Waals surface area contributed by atoms with Crippen molar-refractivity contribution in [3.8, 4) is 0 Å². The van der Waals surface area contributed by atoms with E-state index in [1.165, 1.54) is 0 Å². The summed E-state index contributed by atoms with van der Waals surface area (Å²) < 4.78 is 3.23. The number of hydrogen-bond acceptors (Lipinski definition) is 3. The number of anilines is 1. The van der Waals surface area contributed by atoms with Crippen molar-refractivity contribution in [2.24, 2.45) is 14.1 Å². The zero-order valence-electron chi connectivity index (χ0n) is 13.1. The first-order chi connectivity index (χ1) is 9.85. The number of fused-ring (bicyclic) bond motifs is 1. The minimum absolute atomic E-state index is 0.0270. The van der Waals surface area contributed by atoms with Crippen LogP contribution in [0.15, 0.2) is 21.8 Å². The fourth-order valence-electron chi connectivity index (χ4n) is 2.21. The Balaban J connectivity index is 2.65. The number of aryl methyl sites for hydroxylation is 2. The molecule has 0 saturated carbocycles. The van der Waals surface area contributed by atoms with Crippen LogP contribution in [0.4, 0.5) is 5.69 Å². The fraction of sp³-hybridized carbons (Fsp3) is 0.467. The molecule has 0 radical (unpaired) electrons. The van der Waals surface area contributed by atoms with Gasteiger partial charge in [-0.15, -0.1) is 11.8 Å². The molecule has 1 N–H and O–H groups in total. The third-order valence-electron chi connectivity index (χ3n) is 3.33. The molecule has 0 unspecified atom stereocenters. The minimum atomic E-state index is -0.0653. The number of carbonyl (C=O) groups is 1. The molecule has 1 aromatic carbocycles. The topological polar surface area (TPSA) is 56.0 Å². The molecule has 0 aliphatic carbocycles. The number of amides is 1. The molecule has 0 aliphatic rings. The molecule has 114 valence electrons. The van der Waals surface area contributed by atoms with E-state index in [0.29, 0.717) is 11.7 Å². The number of nitrogens with zero attached hydrogens (tertiary/aromatic N) is 2. The highest BCUT2D eigenvalue weighted by molar-refractivity contribution is 8.00. The summed E-state index contributed by atoms with van der Waals surface area (Å²) in [4.78, 5) is 24.7. The number of carbonyl (C=O) groups excluding carboxylic acids is 1. The largest absolute Gasteiger partial charge is 0.328 e. The number of aromatic nitrogens is 2. The predicted octanol–water partition coefficient (Wildman–Crippen LogP) is 2.73. The number of hydrogen-bond donors (Lipinski definition) is 1. The Morgan fingerprint density at radius 3 is 2.33 bits per heavy atom. The third kappa shape index (κ3) is 3.00. The first-order valence-corrected chi connectivity index (χ1v) is 7.89. The second-order valence-corrected chi connectivity index (χ2v) is 6.92. The highest BCUT2D eigenvalue weighted by Crippen LogP contribution is 2.34. The molecule has 1 aromatic heterocycles. The predicted molar refractivity (Wildman–Crippen MR) is 88.1 cm³/mol. The van der Waals surface area contributed by atoms with E-state index in [-0.39, 0.29) is 11.6 Å². The molecule has 2 aromatic rings. The highest BCUT2D eigenvalue weighted by atomic mass is 32.2. The number of benzene rings is 1. The van der Waals surface area contributed by atoms with Crippen LogP contribution in [0.2, 0.25) is 0 Å². The van der Waals surface area contributed by atoms with E-state index >= 15 is 0 Å². The Kier molecular flexibility index (Phi) is 4.46. The van der Waals surface area contributed by atoms with E-state index in [2.05, 4.69) is 19.2 Å². The maximum absolute atomic E-state index is 12.0. The van der Waals surface area contributed by atoms with Gasteiger partial charge < -0.3 is 5.32 Å². The van der Waals surface area contributed by atoms with Crippen LogP contribution in [0.3, 0.4) is 0 Å². The summed E-state index contributed by atoms with van der Waals surface area (Å²) >= 11 is 1.68. The van der Waals surface area contributed by atoms with E-state index in [4.69, 9.17) is 0 Å². The normalized spacial score (nSPS) is 11.3. The van der Waals surface area contributed by atoms with Gasteiger partial charge in [0, 0.05) is 30.7 Å². The molecule has 0 aliphatic heterocycles. The zero-order chi connectivity index (χ0) is 15.7. The molecular formula is C15H21N3O2S. The minimum Gasteiger partial charge on any atom is -0.325 e. The molecule has 6 heteroatoms. The molecule has 21 heavy (non-hydrogen) atoms. The summed E-state index contributed by atoms with van der Waals surface area (Å²) in [5.41, 5.74) is 2.40. The average Bonchev–Trinajstić information content (AvgIpc) is 2.63.